The average molecular weight is 533 g/mol. The first kappa shape index (κ1) is 21.4. The molecule has 0 atom stereocenters. The Morgan fingerprint density at radius 2 is 1.10 bits per heavy atom. The van der Waals surface area contributed by atoms with Crippen LogP contribution in [0, 0.1) is 0 Å². The second kappa shape index (κ2) is 8.00. The van der Waals surface area contributed by atoms with Gasteiger partial charge in [0.2, 0.25) is 0 Å². The van der Waals surface area contributed by atoms with Gasteiger partial charge in [-0.1, -0.05) is 97.1 Å². The highest BCUT2D eigenvalue weighted by atomic mass is 32.1. The Kier molecular flexibility index (Phi) is 4.39. The van der Waals surface area contributed by atoms with Gasteiger partial charge in [-0.15, -0.1) is 22.7 Å². The first-order chi connectivity index (χ1) is 19.3. The molecule has 0 saturated heterocycles. The quantitative estimate of drug-likeness (QED) is 0.216. The normalized spacial score (nSPS) is 12.1. The molecule has 0 radical (unpaired) electrons. The third-order valence-corrected chi connectivity index (χ3v) is 10.4. The van der Waals surface area contributed by atoms with Crippen LogP contribution >= 0.6 is 22.7 Å². The Morgan fingerprint density at radius 1 is 0.487 bits per heavy atom. The molecular formula is C35H20N2S2. The molecule has 0 fully saturated rings. The van der Waals surface area contributed by atoms with Crippen LogP contribution in [0.5, 0.6) is 0 Å². The third-order valence-electron chi connectivity index (χ3n) is 7.81. The maximum atomic E-state index is 5.43. The van der Waals surface area contributed by atoms with E-state index in [-0.39, 0.29) is 0 Å². The molecule has 0 saturated carbocycles. The second-order valence-electron chi connectivity index (χ2n) is 9.96. The number of pyridine rings is 1. The van der Waals surface area contributed by atoms with Crippen LogP contribution in [0.2, 0.25) is 0 Å². The average Bonchev–Trinajstić information content (AvgIpc) is 3.67. The molecule has 9 aromatic rings. The van der Waals surface area contributed by atoms with Crippen molar-refractivity contribution in [2.75, 3.05) is 0 Å². The van der Waals surface area contributed by atoms with E-state index in [9.17, 15) is 0 Å². The zero-order valence-corrected chi connectivity index (χ0v) is 22.4. The van der Waals surface area contributed by atoms with Gasteiger partial charge in [-0.2, -0.15) is 0 Å². The number of thiophene rings is 2. The number of hydrogen-bond acceptors (Lipinski definition) is 3. The Bertz CT molecular complexity index is 2340. The Labute approximate surface area is 232 Å². The van der Waals surface area contributed by atoms with Crippen LogP contribution in [0.4, 0.5) is 0 Å². The molecule has 182 valence electrons. The van der Waals surface area contributed by atoms with Crippen LogP contribution in [0.1, 0.15) is 0 Å². The predicted octanol–water partition coefficient (Wildman–Crippen LogP) is 10.6. The summed E-state index contributed by atoms with van der Waals surface area (Å²) in [7, 11) is 0. The van der Waals surface area contributed by atoms with Gasteiger partial charge in [0.25, 0.3) is 0 Å². The first-order valence-electron chi connectivity index (χ1n) is 13.1. The van der Waals surface area contributed by atoms with Gasteiger partial charge in [0, 0.05) is 37.2 Å². The Morgan fingerprint density at radius 3 is 1.87 bits per heavy atom. The van der Waals surface area contributed by atoms with Crippen LogP contribution in [-0.4, -0.2) is 9.55 Å². The summed E-state index contributed by atoms with van der Waals surface area (Å²) >= 11 is 3.77. The van der Waals surface area contributed by atoms with E-state index in [1.165, 1.54) is 67.9 Å². The zero-order chi connectivity index (χ0) is 25.5. The van der Waals surface area contributed by atoms with Crippen LogP contribution < -0.4 is 0 Å². The molecule has 0 spiro atoms. The highest BCUT2D eigenvalue weighted by Gasteiger charge is 2.20. The summed E-state index contributed by atoms with van der Waals surface area (Å²) in [4.78, 5) is 5.43. The lowest BCUT2D eigenvalue weighted by Crippen LogP contribution is -1.98. The lowest BCUT2D eigenvalue weighted by molar-refractivity contribution is 1.11. The summed E-state index contributed by atoms with van der Waals surface area (Å²) in [5.74, 6) is 0.954. The molecule has 4 heteroatoms. The van der Waals surface area contributed by atoms with Crippen molar-refractivity contribution in [1.29, 1.82) is 0 Å². The van der Waals surface area contributed by atoms with Gasteiger partial charge < -0.3 is 0 Å². The SMILES string of the molecule is c1ccc(-c2cc(-n3c4ccccc4c4ccccc43)nc3c2sc2c3ccc3c4ccccc4sc32)cc1. The van der Waals surface area contributed by atoms with E-state index in [1.54, 1.807) is 0 Å². The monoisotopic (exact) mass is 532 g/mol. The number of benzene rings is 5. The first-order valence-corrected chi connectivity index (χ1v) is 14.7. The molecule has 0 N–H and O–H groups in total. The minimum Gasteiger partial charge on any atom is -0.294 e. The zero-order valence-electron chi connectivity index (χ0n) is 20.8. The van der Waals surface area contributed by atoms with Gasteiger partial charge in [-0.3, -0.25) is 4.57 Å². The topological polar surface area (TPSA) is 17.8 Å². The molecule has 0 unspecified atom stereocenters. The van der Waals surface area contributed by atoms with Crippen molar-refractivity contribution in [2.45, 2.75) is 0 Å². The molecule has 9 rings (SSSR count). The maximum Gasteiger partial charge on any atom is 0.139 e. The Balaban J connectivity index is 1.45. The van der Waals surface area contributed by atoms with E-state index in [4.69, 9.17) is 4.98 Å². The minimum absolute atomic E-state index is 0.954. The molecular weight excluding hydrogens is 513 g/mol. The molecule has 5 aromatic carbocycles. The van der Waals surface area contributed by atoms with E-state index < -0.39 is 0 Å². The molecule has 4 heterocycles. The van der Waals surface area contributed by atoms with Gasteiger partial charge >= 0.3 is 0 Å². The molecule has 39 heavy (non-hydrogen) atoms. The standard InChI is InChI=1S/C35H20N2S2/c1-2-10-21(11-3-1)27-20-31(37-28-15-7-4-12-22(28)23-13-5-8-16-29(23)37)36-32-26-19-18-25-24-14-6-9-17-30(24)38-34(25)35(26)39-33(27)32/h1-20H. The lowest BCUT2D eigenvalue weighted by Gasteiger charge is -2.11. The van der Waals surface area contributed by atoms with E-state index in [2.05, 4.69) is 126 Å². The molecule has 0 amide bonds. The fourth-order valence-electron chi connectivity index (χ4n) is 6.08. The van der Waals surface area contributed by atoms with Crippen molar-refractivity contribution in [2.24, 2.45) is 0 Å². The van der Waals surface area contributed by atoms with Crippen LogP contribution in [0.15, 0.2) is 121 Å². The van der Waals surface area contributed by atoms with Crippen molar-refractivity contribution in [3.63, 3.8) is 0 Å². The fourth-order valence-corrected chi connectivity index (χ4v) is 8.69. The molecule has 0 aliphatic carbocycles. The number of fused-ring (bicyclic) bond motifs is 10. The summed E-state index contributed by atoms with van der Waals surface area (Å²) in [6.45, 7) is 0. The summed E-state index contributed by atoms with van der Waals surface area (Å²) in [5.41, 5.74) is 5.87. The number of hydrogen-bond donors (Lipinski definition) is 0. The van der Waals surface area contributed by atoms with Crippen molar-refractivity contribution in [1.82, 2.24) is 9.55 Å². The van der Waals surface area contributed by atoms with Crippen molar-refractivity contribution in [3.8, 4) is 16.9 Å². The fraction of sp³-hybridized carbons (Fsp3) is 0. The minimum atomic E-state index is 0.954. The lowest BCUT2D eigenvalue weighted by atomic mass is 10.0. The van der Waals surface area contributed by atoms with Gasteiger partial charge in [-0.25, -0.2) is 4.98 Å². The second-order valence-corrected chi connectivity index (χ2v) is 12.0. The maximum absolute atomic E-state index is 5.43. The third kappa shape index (κ3) is 2.98. The highest BCUT2D eigenvalue weighted by Crippen LogP contribution is 2.47. The van der Waals surface area contributed by atoms with E-state index in [1.807, 2.05) is 22.7 Å². The molecule has 0 aliphatic heterocycles. The molecule has 0 aliphatic rings. The van der Waals surface area contributed by atoms with Gasteiger partial charge in [0.1, 0.15) is 5.82 Å². The molecule has 0 bridgehead atoms. The van der Waals surface area contributed by atoms with Crippen molar-refractivity contribution >= 4 is 85.0 Å². The highest BCUT2D eigenvalue weighted by molar-refractivity contribution is 7.33. The van der Waals surface area contributed by atoms with Gasteiger partial charge in [0.05, 0.1) is 30.6 Å². The number of aromatic nitrogens is 2. The summed E-state index contributed by atoms with van der Waals surface area (Å²) in [6.07, 6.45) is 0. The van der Waals surface area contributed by atoms with Crippen molar-refractivity contribution in [3.05, 3.63) is 121 Å². The van der Waals surface area contributed by atoms with Gasteiger partial charge in [0.15, 0.2) is 0 Å². The summed E-state index contributed by atoms with van der Waals surface area (Å²) in [6, 6.07) is 43.7. The predicted molar refractivity (Wildman–Crippen MR) is 170 cm³/mol. The van der Waals surface area contributed by atoms with Crippen LogP contribution in [0.3, 0.4) is 0 Å². The van der Waals surface area contributed by atoms with Crippen LogP contribution in [-0.2, 0) is 0 Å². The van der Waals surface area contributed by atoms with Crippen LogP contribution in [0.25, 0.3) is 79.2 Å². The smallest absolute Gasteiger partial charge is 0.139 e. The van der Waals surface area contributed by atoms with E-state index >= 15 is 0 Å². The summed E-state index contributed by atoms with van der Waals surface area (Å²) in [5, 5.41) is 6.39. The largest absolute Gasteiger partial charge is 0.294 e. The Hall–Kier alpha value is -4.51. The van der Waals surface area contributed by atoms with Crippen molar-refractivity contribution < 1.29 is 0 Å². The number of para-hydroxylation sites is 2. The number of rotatable bonds is 2. The number of nitrogens with zero attached hydrogens (tertiary/aromatic N) is 2. The molecule has 2 nitrogen and oxygen atoms in total. The van der Waals surface area contributed by atoms with E-state index in [0.717, 1.165) is 11.3 Å². The van der Waals surface area contributed by atoms with Gasteiger partial charge in [-0.05, 0) is 29.8 Å². The van der Waals surface area contributed by atoms with E-state index in [0.29, 0.717) is 0 Å². The summed E-state index contributed by atoms with van der Waals surface area (Å²) < 4.78 is 7.59. The molecule has 4 aromatic heterocycles.